The average Bonchev–Trinajstić information content (AvgIpc) is 3.11. The zero-order chi connectivity index (χ0) is 21.8. The van der Waals surface area contributed by atoms with E-state index in [1.807, 2.05) is 25.1 Å². The zero-order valence-corrected chi connectivity index (χ0v) is 18.3. The maximum absolute atomic E-state index is 12.7. The van der Waals surface area contributed by atoms with Crippen LogP contribution in [0.25, 0.3) is 0 Å². The van der Waals surface area contributed by atoms with Crippen molar-refractivity contribution in [1.29, 1.82) is 0 Å². The van der Waals surface area contributed by atoms with E-state index < -0.39 is 5.92 Å². The minimum atomic E-state index is -0.452. The molecule has 0 radical (unpaired) electrons. The molecule has 8 heteroatoms. The molecule has 1 unspecified atom stereocenters. The van der Waals surface area contributed by atoms with E-state index in [1.54, 1.807) is 50.4 Å². The topological polar surface area (TPSA) is 79.0 Å². The second kappa shape index (κ2) is 9.21. The highest BCUT2D eigenvalue weighted by molar-refractivity contribution is 8.13. The Labute approximate surface area is 180 Å². The molecule has 7 nitrogen and oxygen atoms in total. The lowest BCUT2D eigenvalue weighted by molar-refractivity contribution is -0.122. The largest absolute Gasteiger partial charge is 0.495 e. The second-order valence-electron chi connectivity index (χ2n) is 7.36. The van der Waals surface area contributed by atoms with Crippen LogP contribution in [-0.4, -0.2) is 49.7 Å². The van der Waals surface area contributed by atoms with Gasteiger partial charge in [-0.25, -0.2) is 0 Å². The van der Waals surface area contributed by atoms with Crippen LogP contribution in [0.3, 0.4) is 0 Å². The molecule has 3 amide bonds. The molecule has 0 aromatic heterocycles. The Kier molecular flexibility index (Phi) is 6.66. The first kappa shape index (κ1) is 21.7. The summed E-state index contributed by atoms with van der Waals surface area (Å²) in [4.78, 5) is 41.0. The van der Waals surface area contributed by atoms with Gasteiger partial charge in [0.15, 0.2) is 0 Å². The molecule has 0 saturated carbocycles. The molecule has 1 atom stereocenters. The molecule has 30 heavy (non-hydrogen) atoms. The van der Waals surface area contributed by atoms with Crippen LogP contribution in [0.1, 0.15) is 12.0 Å². The third-order valence-corrected chi connectivity index (χ3v) is 5.86. The van der Waals surface area contributed by atoms with Crippen LogP contribution in [-0.2, 0) is 9.59 Å². The molecule has 1 aliphatic heterocycles. The number of hydrogen-bond donors (Lipinski definition) is 1. The Balaban J connectivity index is 1.65. The fourth-order valence-electron chi connectivity index (χ4n) is 3.17. The number of methoxy groups -OCH3 is 1. The molecule has 0 spiro atoms. The van der Waals surface area contributed by atoms with Crippen molar-refractivity contribution in [2.45, 2.75) is 18.2 Å². The first-order chi connectivity index (χ1) is 14.3. The summed E-state index contributed by atoms with van der Waals surface area (Å²) in [6.45, 7) is 2.25. The van der Waals surface area contributed by atoms with E-state index >= 15 is 0 Å². The number of anilines is 2. The number of amides is 3. The number of hydrogen-bond acceptors (Lipinski definition) is 5. The molecule has 1 heterocycles. The molecule has 3 rings (SSSR count). The van der Waals surface area contributed by atoms with Crippen LogP contribution < -0.4 is 15.0 Å². The van der Waals surface area contributed by atoms with Crippen LogP contribution in [0, 0.1) is 12.8 Å². The molecule has 1 fully saturated rings. The van der Waals surface area contributed by atoms with Crippen LogP contribution in [0.2, 0.25) is 0 Å². The van der Waals surface area contributed by atoms with Gasteiger partial charge in [-0.3, -0.25) is 14.4 Å². The summed E-state index contributed by atoms with van der Waals surface area (Å²) in [5.74, 6) is -0.155. The minimum absolute atomic E-state index is 0.0667. The van der Waals surface area contributed by atoms with Gasteiger partial charge in [-0.2, -0.15) is 0 Å². The maximum atomic E-state index is 12.7. The van der Waals surface area contributed by atoms with Gasteiger partial charge in [-0.05, 0) is 60.6 Å². The Morgan fingerprint density at radius 1 is 1.17 bits per heavy atom. The molecular weight excluding hydrogens is 402 g/mol. The highest BCUT2D eigenvalue weighted by atomic mass is 32.2. The number of carbonyl (C=O) groups excluding carboxylic acids is 3. The fraction of sp³-hybridized carbons (Fsp3) is 0.318. The van der Waals surface area contributed by atoms with Gasteiger partial charge in [0.1, 0.15) is 5.75 Å². The van der Waals surface area contributed by atoms with Gasteiger partial charge >= 0.3 is 0 Å². The summed E-state index contributed by atoms with van der Waals surface area (Å²) in [6.07, 6.45) is 0.147. The molecule has 2 aromatic rings. The monoisotopic (exact) mass is 427 g/mol. The van der Waals surface area contributed by atoms with Crippen LogP contribution in [0.4, 0.5) is 16.2 Å². The van der Waals surface area contributed by atoms with Crippen molar-refractivity contribution in [1.82, 2.24) is 4.90 Å². The number of aryl methyl sites for hydroxylation is 1. The van der Waals surface area contributed by atoms with Crippen molar-refractivity contribution in [3.63, 3.8) is 0 Å². The number of carbonyl (C=O) groups is 3. The fourth-order valence-corrected chi connectivity index (χ4v) is 3.83. The summed E-state index contributed by atoms with van der Waals surface area (Å²) < 4.78 is 5.38. The number of thioether (sulfide) groups is 1. The van der Waals surface area contributed by atoms with Crippen LogP contribution in [0.5, 0.6) is 5.75 Å². The maximum Gasteiger partial charge on any atom is 0.285 e. The standard InChI is InChI=1S/C22H25N3O4S/c1-14-5-10-19(29-4)18(11-14)25-13-15(12-20(25)26)21(27)23-16-6-8-17(9-7-16)30-22(28)24(2)3/h5-11,15H,12-13H2,1-4H3,(H,23,27). The lowest BCUT2D eigenvalue weighted by Crippen LogP contribution is -2.28. The quantitative estimate of drug-likeness (QED) is 0.735. The van der Waals surface area contributed by atoms with Gasteiger partial charge in [0.25, 0.3) is 5.24 Å². The molecule has 158 valence electrons. The van der Waals surface area contributed by atoms with E-state index in [-0.39, 0.29) is 23.5 Å². The summed E-state index contributed by atoms with van der Waals surface area (Å²) >= 11 is 1.12. The normalized spacial score (nSPS) is 15.8. The van der Waals surface area contributed by atoms with E-state index in [4.69, 9.17) is 4.74 Å². The van der Waals surface area contributed by atoms with Gasteiger partial charge in [0.05, 0.1) is 18.7 Å². The van der Waals surface area contributed by atoms with E-state index in [2.05, 4.69) is 5.32 Å². The van der Waals surface area contributed by atoms with Gasteiger partial charge in [-0.15, -0.1) is 0 Å². The molecule has 0 bridgehead atoms. The lowest BCUT2D eigenvalue weighted by Gasteiger charge is -2.20. The SMILES string of the molecule is COc1ccc(C)cc1N1CC(C(=O)Nc2ccc(SC(=O)N(C)C)cc2)CC1=O. The molecule has 2 aromatic carbocycles. The Morgan fingerprint density at radius 3 is 2.50 bits per heavy atom. The van der Waals surface area contributed by atoms with Gasteiger partial charge in [-0.1, -0.05) is 6.07 Å². The van der Waals surface area contributed by atoms with E-state index in [0.717, 1.165) is 22.2 Å². The van der Waals surface area contributed by atoms with Gasteiger partial charge in [0.2, 0.25) is 11.8 Å². The molecule has 1 N–H and O–H groups in total. The van der Waals surface area contributed by atoms with E-state index in [0.29, 0.717) is 23.7 Å². The molecular formula is C22H25N3O4S. The third kappa shape index (κ3) is 4.94. The van der Waals surface area contributed by atoms with E-state index in [9.17, 15) is 14.4 Å². The predicted molar refractivity (Wildman–Crippen MR) is 118 cm³/mol. The zero-order valence-electron chi connectivity index (χ0n) is 17.5. The van der Waals surface area contributed by atoms with Gasteiger partial charge < -0.3 is 19.9 Å². The summed E-state index contributed by atoms with van der Waals surface area (Å²) in [5, 5.41) is 2.80. The number of benzene rings is 2. The molecule has 1 saturated heterocycles. The number of nitrogens with zero attached hydrogens (tertiary/aromatic N) is 2. The minimum Gasteiger partial charge on any atom is -0.495 e. The highest BCUT2D eigenvalue weighted by Crippen LogP contribution is 2.34. The number of rotatable bonds is 5. The smallest absolute Gasteiger partial charge is 0.285 e. The highest BCUT2D eigenvalue weighted by Gasteiger charge is 2.36. The van der Waals surface area contributed by atoms with Crippen molar-refractivity contribution in [2.24, 2.45) is 5.92 Å². The summed E-state index contributed by atoms with van der Waals surface area (Å²) in [6, 6.07) is 12.7. The van der Waals surface area contributed by atoms with Crippen molar-refractivity contribution < 1.29 is 19.1 Å². The van der Waals surface area contributed by atoms with E-state index in [1.165, 1.54) is 4.90 Å². The summed E-state index contributed by atoms with van der Waals surface area (Å²) in [7, 11) is 4.96. The molecule has 0 aliphatic carbocycles. The van der Waals surface area contributed by atoms with Crippen molar-refractivity contribution in [2.75, 3.05) is 38.0 Å². The first-order valence-electron chi connectivity index (χ1n) is 9.53. The Morgan fingerprint density at radius 2 is 1.87 bits per heavy atom. The number of nitrogens with one attached hydrogen (secondary N) is 1. The van der Waals surface area contributed by atoms with Crippen LogP contribution >= 0.6 is 11.8 Å². The predicted octanol–water partition coefficient (Wildman–Crippen LogP) is 3.77. The van der Waals surface area contributed by atoms with Crippen LogP contribution in [0.15, 0.2) is 47.4 Å². The second-order valence-corrected chi connectivity index (χ2v) is 8.38. The van der Waals surface area contributed by atoms with Crippen molar-refractivity contribution >= 4 is 40.2 Å². The Hall–Kier alpha value is -3.00. The summed E-state index contributed by atoms with van der Waals surface area (Å²) in [5.41, 5.74) is 2.32. The van der Waals surface area contributed by atoms with Gasteiger partial charge in [0, 0.05) is 37.6 Å². The number of ether oxygens (including phenoxy) is 1. The Bertz CT molecular complexity index is 959. The lowest BCUT2D eigenvalue weighted by atomic mass is 10.1. The average molecular weight is 428 g/mol. The molecule has 1 aliphatic rings. The third-order valence-electron chi connectivity index (χ3n) is 4.81. The first-order valence-corrected chi connectivity index (χ1v) is 10.3. The van der Waals surface area contributed by atoms with Crippen molar-refractivity contribution in [3.8, 4) is 5.75 Å². The van der Waals surface area contributed by atoms with Crippen molar-refractivity contribution in [3.05, 3.63) is 48.0 Å².